The quantitative estimate of drug-likeness (QED) is 0.448. The van der Waals surface area contributed by atoms with Crippen LogP contribution in [0.25, 0.3) is 10.9 Å². The summed E-state index contributed by atoms with van der Waals surface area (Å²) in [5.41, 5.74) is 1.03. The van der Waals surface area contributed by atoms with Crippen molar-refractivity contribution in [3.63, 3.8) is 0 Å². The van der Waals surface area contributed by atoms with Gasteiger partial charge in [0.1, 0.15) is 0 Å². The summed E-state index contributed by atoms with van der Waals surface area (Å²) < 4.78 is 7.41. The molecule has 1 aromatic carbocycles. The molecule has 5 nitrogen and oxygen atoms in total. The van der Waals surface area contributed by atoms with E-state index in [-0.39, 0.29) is 10.6 Å². The normalized spacial score (nSPS) is 10.9. The number of aromatic nitrogens is 1. The molecule has 0 amide bonds. The van der Waals surface area contributed by atoms with E-state index in [2.05, 4.69) is 6.92 Å². The third-order valence-corrected chi connectivity index (χ3v) is 2.81. The number of benzene rings is 1. The summed E-state index contributed by atoms with van der Waals surface area (Å²) in [5.74, 6) is 0. The van der Waals surface area contributed by atoms with E-state index in [1.54, 1.807) is 12.1 Å². The van der Waals surface area contributed by atoms with Crippen molar-refractivity contribution in [2.24, 2.45) is 0 Å². The van der Waals surface area contributed by atoms with Crippen LogP contribution in [-0.2, 0) is 11.3 Å². The average molecular weight is 248 g/mol. The minimum Gasteiger partial charge on any atom is -0.380 e. The molecule has 0 bridgehead atoms. The molecule has 0 aliphatic rings. The monoisotopic (exact) mass is 248 g/mol. The fourth-order valence-corrected chi connectivity index (χ4v) is 1.97. The lowest BCUT2D eigenvalue weighted by Gasteiger charge is -2.06. The molecule has 2 aromatic rings. The molecular weight excluding hydrogens is 232 g/mol. The van der Waals surface area contributed by atoms with Crippen LogP contribution in [0.5, 0.6) is 0 Å². The lowest BCUT2D eigenvalue weighted by molar-refractivity contribution is -0.383. The van der Waals surface area contributed by atoms with Crippen molar-refractivity contribution in [2.45, 2.75) is 19.9 Å². The Balaban J connectivity index is 2.20. The van der Waals surface area contributed by atoms with E-state index in [0.717, 1.165) is 18.5 Å². The molecule has 0 spiro atoms. The van der Waals surface area contributed by atoms with E-state index >= 15 is 0 Å². The number of nitro benzene ring substituents is 1. The highest BCUT2D eigenvalue weighted by Gasteiger charge is 2.13. The summed E-state index contributed by atoms with van der Waals surface area (Å²) in [6, 6.07) is 6.92. The number of non-ortho nitro benzene ring substituents is 1. The topological polar surface area (TPSA) is 57.3 Å². The van der Waals surface area contributed by atoms with Gasteiger partial charge in [-0.3, -0.25) is 10.1 Å². The number of nitrogens with zero attached hydrogens (tertiary/aromatic N) is 2. The highest BCUT2D eigenvalue weighted by atomic mass is 16.6. The first kappa shape index (κ1) is 12.6. The minimum atomic E-state index is -0.347. The van der Waals surface area contributed by atoms with Gasteiger partial charge < -0.3 is 9.30 Å². The number of nitro groups is 1. The van der Waals surface area contributed by atoms with Crippen molar-refractivity contribution in [2.75, 3.05) is 13.2 Å². The minimum absolute atomic E-state index is 0.153. The van der Waals surface area contributed by atoms with E-state index < -0.39 is 0 Å². The standard InChI is InChI=1S/C13H16N2O3/c1-2-9-18-10-8-14-7-6-11-12(14)4-3-5-13(11)15(16)17/h3-7H,2,8-10H2,1H3. The van der Waals surface area contributed by atoms with Crippen molar-refractivity contribution >= 4 is 16.6 Å². The molecule has 1 aromatic heterocycles. The molecule has 18 heavy (non-hydrogen) atoms. The van der Waals surface area contributed by atoms with E-state index in [1.807, 2.05) is 16.8 Å². The van der Waals surface area contributed by atoms with Gasteiger partial charge in [-0.25, -0.2) is 0 Å². The predicted octanol–water partition coefficient (Wildman–Crippen LogP) is 2.98. The Morgan fingerprint density at radius 3 is 2.89 bits per heavy atom. The highest BCUT2D eigenvalue weighted by Crippen LogP contribution is 2.26. The van der Waals surface area contributed by atoms with Gasteiger partial charge in [0.2, 0.25) is 0 Å². The van der Waals surface area contributed by atoms with Gasteiger partial charge in [0, 0.05) is 25.4 Å². The van der Waals surface area contributed by atoms with Crippen LogP contribution in [0.15, 0.2) is 30.5 Å². The van der Waals surface area contributed by atoms with Gasteiger partial charge in [0.15, 0.2) is 0 Å². The number of fused-ring (bicyclic) bond motifs is 1. The molecule has 0 aliphatic heterocycles. The van der Waals surface area contributed by atoms with Crippen LogP contribution in [0.2, 0.25) is 0 Å². The van der Waals surface area contributed by atoms with Crippen LogP contribution < -0.4 is 0 Å². The van der Waals surface area contributed by atoms with Crippen molar-refractivity contribution in [3.8, 4) is 0 Å². The van der Waals surface area contributed by atoms with Gasteiger partial charge in [-0.05, 0) is 18.6 Å². The first-order valence-corrected chi connectivity index (χ1v) is 6.04. The molecule has 0 fully saturated rings. The zero-order valence-corrected chi connectivity index (χ0v) is 10.3. The Kier molecular flexibility index (Phi) is 3.94. The van der Waals surface area contributed by atoms with E-state index in [0.29, 0.717) is 18.5 Å². The van der Waals surface area contributed by atoms with Crippen LogP contribution in [0.1, 0.15) is 13.3 Å². The SMILES string of the molecule is CCCOCCn1ccc2c([N+](=O)[O-])cccc21. The lowest BCUT2D eigenvalue weighted by Crippen LogP contribution is -2.05. The molecule has 96 valence electrons. The third kappa shape index (κ3) is 2.51. The largest absolute Gasteiger partial charge is 0.380 e. The van der Waals surface area contributed by atoms with E-state index in [4.69, 9.17) is 4.74 Å². The second-order valence-corrected chi connectivity index (χ2v) is 4.09. The smallest absolute Gasteiger partial charge is 0.278 e. The van der Waals surface area contributed by atoms with Crippen LogP contribution in [0.3, 0.4) is 0 Å². The maximum absolute atomic E-state index is 10.9. The van der Waals surface area contributed by atoms with E-state index in [1.165, 1.54) is 6.07 Å². The summed E-state index contributed by atoms with van der Waals surface area (Å²) in [7, 11) is 0. The molecule has 0 atom stereocenters. The fourth-order valence-electron chi connectivity index (χ4n) is 1.97. The lowest BCUT2D eigenvalue weighted by atomic mass is 10.2. The fraction of sp³-hybridized carbons (Fsp3) is 0.385. The number of ether oxygens (including phenoxy) is 1. The first-order valence-electron chi connectivity index (χ1n) is 6.04. The van der Waals surface area contributed by atoms with E-state index in [9.17, 15) is 10.1 Å². The van der Waals surface area contributed by atoms with Crippen LogP contribution in [-0.4, -0.2) is 22.7 Å². The molecule has 0 aliphatic carbocycles. The number of hydrogen-bond acceptors (Lipinski definition) is 3. The number of hydrogen-bond donors (Lipinski definition) is 0. The van der Waals surface area contributed by atoms with Gasteiger partial charge in [-0.2, -0.15) is 0 Å². The molecule has 0 radical (unpaired) electrons. The zero-order chi connectivity index (χ0) is 13.0. The van der Waals surface area contributed by atoms with Crippen molar-refractivity contribution in [3.05, 3.63) is 40.6 Å². The van der Waals surface area contributed by atoms with Gasteiger partial charge >= 0.3 is 0 Å². The number of rotatable bonds is 6. The summed E-state index contributed by atoms with van der Waals surface area (Å²) in [6.45, 7) is 4.15. The molecule has 0 saturated carbocycles. The maximum Gasteiger partial charge on any atom is 0.278 e. The van der Waals surface area contributed by atoms with Gasteiger partial charge in [-0.1, -0.05) is 13.0 Å². The first-order chi connectivity index (χ1) is 8.74. The molecule has 0 saturated heterocycles. The van der Waals surface area contributed by atoms with Crippen LogP contribution in [0.4, 0.5) is 5.69 Å². The van der Waals surface area contributed by atoms with Crippen LogP contribution >= 0.6 is 0 Å². The Morgan fingerprint density at radius 2 is 2.17 bits per heavy atom. The summed E-state index contributed by atoms with van der Waals surface area (Å²) in [5, 5.41) is 11.6. The molecular formula is C13H16N2O3. The average Bonchev–Trinajstić information content (AvgIpc) is 2.77. The summed E-state index contributed by atoms with van der Waals surface area (Å²) >= 11 is 0. The molecule has 5 heteroatoms. The maximum atomic E-state index is 10.9. The third-order valence-electron chi connectivity index (χ3n) is 2.81. The molecule has 2 rings (SSSR count). The second kappa shape index (κ2) is 5.64. The Labute approximate surface area is 105 Å². The Hall–Kier alpha value is -1.88. The van der Waals surface area contributed by atoms with Crippen molar-refractivity contribution < 1.29 is 9.66 Å². The Morgan fingerprint density at radius 1 is 1.33 bits per heavy atom. The molecule has 1 heterocycles. The predicted molar refractivity (Wildman–Crippen MR) is 69.7 cm³/mol. The van der Waals surface area contributed by atoms with Gasteiger partial charge in [0.25, 0.3) is 5.69 Å². The second-order valence-electron chi connectivity index (χ2n) is 4.09. The Bertz CT molecular complexity index is 548. The van der Waals surface area contributed by atoms with Crippen molar-refractivity contribution in [1.82, 2.24) is 4.57 Å². The molecule has 0 N–H and O–H groups in total. The van der Waals surface area contributed by atoms with Gasteiger partial charge in [-0.15, -0.1) is 0 Å². The summed E-state index contributed by atoms with van der Waals surface area (Å²) in [6.07, 6.45) is 2.87. The zero-order valence-electron chi connectivity index (χ0n) is 10.3. The van der Waals surface area contributed by atoms with Gasteiger partial charge in [0.05, 0.1) is 22.4 Å². The van der Waals surface area contributed by atoms with Crippen LogP contribution in [0, 0.1) is 10.1 Å². The molecule has 0 unspecified atom stereocenters. The highest BCUT2D eigenvalue weighted by molar-refractivity contribution is 5.89. The summed E-state index contributed by atoms with van der Waals surface area (Å²) in [4.78, 5) is 10.5. The van der Waals surface area contributed by atoms with Crippen molar-refractivity contribution in [1.29, 1.82) is 0 Å².